The van der Waals surface area contributed by atoms with E-state index >= 15 is 0 Å². The van der Waals surface area contributed by atoms with Crippen molar-refractivity contribution in [2.45, 2.75) is 60.0 Å². The molecule has 3 heterocycles. The number of nitrogens with one attached hydrogen (secondary N) is 1. The zero-order chi connectivity index (χ0) is 26.5. The third-order valence-electron chi connectivity index (χ3n) is 7.75. The Morgan fingerprint density at radius 1 is 0.919 bits per heavy atom. The molecule has 0 bridgehead atoms. The summed E-state index contributed by atoms with van der Waals surface area (Å²) in [6, 6.07) is 12.4. The molecule has 0 radical (unpaired) electrons. The van der Waals surface area contributed by atoms with Crippen LogP contribution in [0.4, 0.5) is 5.69 Å². The van der Waals surface area contributed by atoms with E-state index in [4.69, 9.17) is 0 Å². The molecule has 8 heteroatoms. The summed E-state index contributed by atoms with van der Waals surface area (Å²) in [7, 11) is 0. The molecule has 0 unspecified atom stereocenters. The van der Waals surface area contributed by atoms with E-state index in [1.54, 1.807) is 0 Å². The maximum absolute atomic E-state index is 13.6. The second-order valence-corrected chi connectivity index (χ2v) is 11.3. The molecular weight excluding hydrogens is 462 g/mol. The van der Waals surface area contributed by atoms with Gasteiger partial charge in [-0.2, -0.15) is 0 Å². The zero-order valence-electron chi connectivity index (χ0n) is 23.0. The Morgan fingerprint density at radius 3 is 2.32 bits per heavy atom. The van der Waals surface area contributed by atoms with Crippen LogP contribution >= 0.6 is 0 Å². The molecule has 1 aliphatic heterocycles. The van der Waals surface area contributed by atoms with Gasteiger partial charge in [0.05, 0.1) is 5.54 Å². The van der Waals surface area contributed by atoms with Gasteiger partial charge < -0.3 is 9.88 Å². The molecule has 0 aliphatic carbocycles. The minimum atomic E-state index is -0.357. The van der Waals surface area contributed by atoms with Gasteiger partial charge in [0, 0.05) is 42.9 Å². The Hall–Kier alpha value is -3.52. The van der Waals surface area contributed by atoms with Gasteiger partial charge in [-0.25, -0.2) is 4.68 Å². The number of benzene rings is 2. The van der Waals surface area contributed by atoms with Gasteiger partial charge in [0.2, 0.25) is 0 Å². The van der Waals surface area contributed by atoms with Crippen molar-refractivity contribution in [1.82, 2.24) is 30.1 Å². The molecule has 2 aromatic heterocycles. The summed E-state index contributed by atoms with van der Waals surface area (Å²) in [5.74, 6) is 0.696. The van der Waals surface area contributed by atoms with E-state index < -0.39 is 0 Å². The average molecular weight is 500 g/mol. The van der Waals surface area contributed by atoms with Gasteiger partial charge in [0.25, 0.3) is 5.56 Å². The fraction of sp³-hybridized carbons (Fsp3) is 0.448. The van der Waals surface area contributed by atoms with E-state index in [9.17, 15) is 4.79 Å². The Bertz CT molecular complexity index is 1500. The maximum atomic E-state index is 13.6. The highest BCUT2D eigenvalue weighted by atomic mass is 16.1. The van der Waals surface area contributed by atoms with Gasteiger partial charge in [-0.3, -0.25) is 9.69 Å². The smallest absolute Gasteiger partial charge is 0.253 e. The summed E-state index contributed by atoms with van der Waals surface area (Å²) < 4.78 is 1.86. The van der Waals surface area contributed by atoms with Crippen LogP contribution < -0.4 is 10.5 Å². The number of aromatic amines is 1. The molecule has 37 heavy (non-hydrogen) atoms. The molecule has 5 rings (SSSR count). The molecule has 1 saturated heterocycles. The van der Waals surface area contributed by atoms with Crippen LogP contribution in [0.3, 0.4) is 0 Å². The molecule has 1 N–H and O–H groups in total. The van der Waals surface area contributed by atoms with E-state index in [1.807, 2.05) is 16.8 Å². The summed E-state index contributed by atoms with van der Waals surface area (Å²) >= 11 is 0. The Balaban J connectivity index is 1.57. The van der Waals surface area contributed by atoms with Crippen molar-refractivity contribution in [2.75, 3.05) is 31.1 Å². The number of rotatable bonds is 4. The minimum absolute atomic E-state index is 0.0961. The molecule has 4 aromatic rings. The van der Waals surface area contributed by atoms with Gasteiger partial charge in [-0.15, -0.1) is 5.10 Å². The number of aryl methyl sites for hydroxylation is 3. The van der Waals surface area contributed by atoms with Crippen LogP contribution in [0.2, 0.25) is 0 Å². The van der Waals surface area contributed by atoms with Crippen LogP contribution in [0.25, 0.3) is 10.9 Å². The van der Waals surface area contributed by atoms with Crippen molar-refractivity contribution in [3.63, 3.8) is 0 Å². The fourth-order valence-corrected chi connectivity index (χ4v) is 5.34. The molecule has 8 nitrogen and oxygen atoms in total. The van der Waals surface area contributed by atoms with Crippen molar-refractivity contribution < 1.29 is 0 Å². The standard InChI is InChI=1S/C29H37N7O/c1-18-9-8-10-25(21(18)4)34-11-13-35(14-12-34)26(27-31-32-33-36(27)29(5,6)7)23-17-22-15-19(2)20(3)16-24(22)30-28(23)37/h8-10,15-17,26H,11-14H2,1-7H3,(H,30,37)/t26-/m0/s1. The molecule has 0 amide bonds. The lowest BCUT2D eigenvalue weighted by molar-refractivity contribution is 0.190. The van der Waals surface area contributed by atoms with E-state index in [0.29, 0.717) is 11.4 Å². The molecule has 194 valence electrons. The van der Waals surface area contributed by atoms with Crippen LogP contribution in [-0.2, 0) is 5.54 Å². The molecule has 0 spiro atoms. The highest BCUT2D eigenvalue weighted by molar-refractivity contribution is 5.81. The predicted octanol–water partition coefficient (Wildman–Crippen LogP) is 4.41. The van der Waals surface area contributed by atoms with Gasteiger partial charge in [0.15, 0.2) is 5.82 Å². The number of tetrazole rings is 1. The second kappa shape index (κ2) is 9.41. The quantitative estimate of drug-likeness (QED) is 0.448. The van der Waals surface area contributed by atoms with Crippen molar-refractivity contribution in [2.24, 2.45) is 0 Å². The lowest BCUT2D eigenvalue weighted by Gasteiger charge is -2.40. The van der Waals surface area contributed by atoms with E-state index in [-0.39, 0.29) is 17.1 Å². The molecule has 2 aromatic carbocycles. The number of piperazine rings is 1. The fourth-order valence-electron chi connectivity index (χ4n) is 5.34. The monoisotopic (exact) mass is 499 g/mol. The van der Waals surface area contributed by atoms with Crippen LogP contribution in [-0.4, -0.2) is 56.3 Å². The first-order chi connectivity index (χ1) is 17.5. The molecule has 0 saturated carbocycles. The topological polar surface area (TPSA) is 82.9 Å². The second-order valence-electron chi connectivity index (χ2n) is 11.3. The molecular formula is C29H37N7O. The molecule has 1 aliphatic rings. The van der Waals surface area contributed by atoms with Crippen molar-refractivity contribution in [1.29, 1.82) is 0 Å². The van der Waals surface area contributed by atoms with Crippen molar-refractivity contribution in [3.8, 4) is 0 Å². The maximum Gasteiger partial charge on any atom is 0.253 e. The number of nitrogens with zero attached hydrogens (tertiary/aromatic N) is 6. The summed E-state index contributed by atoms with van der Waals surface area (Å²) in [5.41, 5.74) is 7.37. The lowest BCUT2D eigenvalue weighted by atomic mass is 9.99. The van der Waals surface area contributed by atoms with Gasteiger partial charge in [-0.05, 0) is 111 Å². The number of H-pyrrole nitrogens is 1. The first-order valence-electron chi connectivity index (χ1n) is 13.0. The summed E-state index contributed by atoms with van der Waals surface area (Å²) in [6.07, 6.45) is 0. The van der Waals surface area contributed by atoms with Crippen molar-refractivity contribution in [3.05, 3.63) is 80.4 Å². The van der Waals surface area contributed by atoms with Gasteiger partial charge >= 0.3 is 0 Å². The number of anilines is 1. The molecule has 1 fully saturated rings. The average Bonchev–Trinajstić information content (AvgIpc) is 3.33. The van der Waals surface area contributed by atoms with Crippen molar-refractivity contribution >= 4 is 16.6 Å². The third kappa shape index (κ3) is 4.66. The normalized spacial score (nSPS) is 15.9. The first kappa shape index (κ1) is 25.1. The highest BCUT2D eigenvalue weighted by Crippen LogP contribution is 2.32. The van der Waals surface area contributed by atoms with Crippen LogP contribution in [0.5, 0.6) is 0 Å². The van der Waals surface area contributed by atoms with Crippen LogP contribution in [0, 0.1) is 27.7 Å². The summed E-state index contributed by atoms with van der Waals surface area (Å²) in [6.45, 7) is 18.1. The largest absolute Gasteiger partial charge is 0.369 e. The predicted molar refractivity (Wildman–Crippen MR) is 148 cm³/mol. The summed E-state index contributed by atoms with van der Waals surface area (Å²) in [5, 5.41) is 13.9. The van der Waals surface area contributed by atoms with Crippen LogP contribution in [0.1, 0.15) is 60.5 Å². The van der Waals surface area contributed by atoms with Crippen LogP contribution in [0.15, 0.2) is 41.2 Å². The van der Waals surface area contributed by atoms with E-state index in [0.717, 1.165) is 42.6 Å². The highest BCUT2D eigenvalue weighted by Gasteiger charge is 2.35. The van der Waals surface area contributed by atoms with E-state index in [1.165, 1.54) is 22.4 Å². The van der Waals surface area contributed by atoms with E-state index in [2.05, 4.69) is 103 Å². The first-order valence-corrected chi connectivity index (χ1v) is 13.0. The SMILES string of the molecule is Cc1cc2cc([C@@H](c3nnnn3C(C)(C)C)N3CCN(c4cccc(C)c4C)CC3)c(=O)[nH]c2cc1C. The van der Waals surface area contributed by atoms with Gasteiger partial charge in [0.1, 0.15) is 6.04 Å². The molecule has 1 atom stereocenters. The number of pyridine rings is 1. The Labute approximate surface area is 218 Å². The number of aromatic nitrogens is 5. The number of fused-ring (bicyclic) bond motifs is 1. The number of hydrogen-bond donors (Lipinski definition) is 1. The summed E-state index contributed by atoms with van der Waals surface area (Å²) in [4.78, 5) is 21.5. The Kier molecular flexibility index (Phi) is 6.40. The third-order valence-corrected chi connectivity index (χ3v) is 7.75. The van der Waals surface area contributed by atoms with Gasteiger partial charge in [-0.1, -0.05) is 12.1 Å². The lowest BCUT2D eigenvalue weighted by Crippen LogP contribution is -2.49. The number of hydrogen-bond acceptors (Lipinski definition) is 6. The minimum Gasteiger partial charge on any atom is -0.369 e. The zero-order valence-corrected chi connectivity index (χ0v) is 23.0. The Morgan fingerprint density at radius 2 is 1.62 bits per heavy atom.